The first kappa shape index (κ1) is 26.9. The third-order valence-corrected chi connectivity index (χ3v) is 11.4. The topological polar surface area (TPSA) is 95.9 Å². The molecule has 0 saturated heterocycles. The minimum Gasteiger partial charge on any atom is -0.487 e. The fourth-order valence-corrected chi connectivity index (χ4v) is 8.53. The van der Waals surface area contributed by atoms with Gasteiger partial charge in [0, 0.05) is 23.7 Å². The molecule has 2 aromatic rings. The largest absolute Gasteiger partial charge is 0.487 e. The van der Waals surface area contributed by atoms with Gasteiger partial charge >= 0.3 is 0 Å². The lowest BCUT2D eigenvalue weighted by Gasteiger charge is -2.44. The maximum absolute atomic E-state index is 13.2. The number of benzene rings is 2. The first-order valence-corrected chi connectivity index (χ1v) is 16.2. The van der Waals surface area contributed by atoms with Crippen molar-refractivity contribution < 1.29 is 23.1 Å². The Morgan fingerprint density at radius 1 is 1.00 bits per heavy atom. The van der Waals surface area contributed by atoms with Crippen LogP contribution < -0.4 is 14.4 Å². The predicted molar refractivity (Wildman–Crippen MR) is 152 cm³/mol. The molecular formula is C30H37ClN2O5S. The fraction of sp³-hybridized carbons (Fsp3) is 0.567. The SMILES string of the molecule is O=C1NS(=O)(=O)[C@H]2C[C@@H](CC[C@H](O)[C@@H]3CC[C@H]3CN3CCCCc4cc(Cl)ccc4COc4ccc1cc43)C2. The first-order valence-electron chi connectivity index (χ1n) is 14.3. The van der Waals surface area contributed by atoms with Gasteiger partial charge in [-0.15, -0.1) is 0 Å². The highest BCUT2D eigenvalue weighted by molar-refractivity contribution is 7.90. The van der Waals surface area contributed by atoms with Gasteiger partial charge in [0.05, 0.1) is 17.0 Å². The number of rotatable bonds is 0. The molecule has 9 heteroatoms. The Balaban J connectivity index is 1.36. The van der Waals surface area contributed by atoms with Gasteiger partial charge in [0.2, 0.25) is 10.0 Å². The summed E-state index contributed by atoms with van der Waals surface area (Å²) in [7, 11) is -3.76. The number of aryl methyl sites for hydroxylation is 1. The molecule has 210 valence electrons. The van der Waals surface area contributed by atoms with Crippen LogP contribution in [0.2, 0.25) is 5.02 Å². The quantitative estimate of drug-likeness (QED) is 0.457. The average molecular weight is 573 g/mol. The molecule has 4 bridgehead atoms. The summed E-state index contributed by atoms with van der Waals surface area (Å²) in [5.74, 6) is 0.971. The highest BCUT2D eigenvalue weighted by Crippen LogP contribution is 2.43. The number of amides is 1. The summed E-state index contributed by atoms with van der Waals surface area (Å²) in [6, 6.07) is 11.1. The maximum atomic E-state index is 13.2. The Hall–Kier alpha value is -2.29. The van der Waals surface area contributed by atoms with Crippen LogP contribution >= 0.6 is 11.6 Å². The number of hydrogen-bond acceptors (Lipinski definition) is 6. The molecule has 2 aromatic carbocycles. The smallest absolute Gasteiger partial charge is 0.264 e. The number of aliphatic hydroxyl groups excluding tert-OH is 1. The van der Waals surface area contributed by atoms with Crippen LogP contribution in [0, 0.1) is 17.8 Å². The minimum atomic E-state index is -3.76. The fourth-order valence-electron chi connectivity index (χ4n) is 6.75. The summed E-state index contributed by atoms with van der Waals surface area (Å²) in [4.78, 5) is 15.5. The van der Waals surface area contributed by atoms with E-state index >= 15 is 0 Å². The van der Waals surface area contributed by atoms with E-state index in [0.29, 0.717) is 48.1 Å². The van der Waals surface area contributed by atoms with Crippen LogP contribution in [-0.2, 0) is 23.1 Å². The summed E-state index contributed by atoms with van der Waals surface area (Å²) in [5, 5.41) is 11.2. The summed E-state index contributed by atoms with van der Waals surface area (Å²) in [6.45, 7) is 1.92. The van der Waals surface area contributed by atoms with Crippen LogP contribution in [0.4, 0.5) is 5.69 Å². The van der Waals surface area contributed by atoms with E-state index in [1.54, 1.807) is 18.2 Å². The number of nitrogens with one attached hydrogen (secondary N) is 1. The summed E-state index contributed by atoms with van der Waals surface area (Å²) in [5.41, 5.74) is 3.38. The zero-order chi connectivity index (χ0) is 27.1. The van der Waals surface area contributed by atoms with Gasteiger partial charge < -0.3 is 14.7 Å². The number of carbonyl (C=O) groups excluding carboxylic acids is 1. The molecule has 39 heavy (non-hydrogen) atoms. The number of sulfonamides is 1. The van der Waals surface area contributed by atoms with Gasteiger partial charge in [-0.25, -0.2) is 13.1 Å². The van der Waals surface area contributed by atoms with Gasteiger partial charge in [0.1, 0.15) is 12.4 Å². The lowest BCUT2D eigenvalue weighted by atomic mass is 9.68. The zero-order valence-corrected chi connectivity index (χ0v) is 23.7. The van der Waals surface area contributed by atoms with Crippen molar-refractivity contribution in [3.8, 4) is 5.75 Å². The number of ether oxygens (including phenoxy) is 1. The zero-order valence-electron chi connectivity index (χ0n) is 22.1. The summed E-state index contributed by atoms with van der Waals surface area (Å²) < 4.78 is 34.6. The maximum Gasteiger partial charge on any atom is 0.264 e. The lowest BCUT2D eigenvalue weighted by molar-refractivity contribution is 0.00508. The van der Waals surface area contributed by atoms with E-state index in [2.05, 4.69) is 9.62 Å². The third-order valence-electron chi connectivity index (χ3n) is 9.40. The van der Waals surface area contributed by atoms with E-state index < -0.39 is 21.2 Å². The molecule has 2 saturated carbocycles. The molecule has 0 spiro atoms. The molecule has 7 nitrogen and oxygen atoms in total. The summed E-state index contributed by atoms with van der Waals surface area (Å²) in [6.07, 6.45) is 7.18. The monoisotopic (exact) mass is 572 g/mol. The van der Waals surface area contributed by atoms with E-state index in [1.165, 1.54) is 5.56 Å². The van der Waals surface area contributed by atoms with Crippen molar-refractivity contribution in [3.05, 3.63) is 58.1 Å². The van der Waals surface area contributed by atoms with Crippen molar-refractivity contribution in [1.29, 1.82) is 0 Å². The number of fused-ring (bicyclic) bond motifs is 5. The predicted octanol–water partition coefficient (Wildman–Crippen LogP) is 5.08. The van der Waals surface area contributed by atoms with E-state index in [-0.39, 0.29) is 17.9 Å². The normalized spacial score (nSPS) is 30.7. The molecule has 1 amide bonds. The Labute approximate surface area is 235 Å². The van der Waals surface area contributed by atoms with Crippen molar-refractivity contribution in [1.82, 2.24) is 4.72 Å². The molecule has 2 aliphatic carbocycles. The number of anilines is 1. The summed E-state index contributed by atoms with van der Waals surface area (Å²) >= 11 is 6.29. The molecule has 2 N–H and O–H groups in total. The molecule has 7 rings (SSSR count). The second-order valence-electron chi connectivity index (χ2n) is 11.9. The number of hydrogen-bond donors (Lipinski definition) is 2. The van der Waals surface area contributed by atoms with Crippen molar-refractivity contribution in [2.45, 2.75) is 75.7 Å². The molecule has 3 aliphatic heterocycles. The van der Waals surface area contributed by atoms with Crippen molar-refractivity contribution in [2.24, 2.45) is 17.8 Å². The molecule has 5 aliphatic rings. The van der Waals surface area contributed by atoms with Gasteiger partial charge in [-0.2, -0.15) is 0 Å². The first-order chi connectivity index (χ1) is 18.8. The Kier molecular flexibility index (Phi) is 7.55. The number of aliphatic hydroxyl groups is 1. The molecule has 3 atom stereocenters. The molecule has 0 unspecified atom stereocenters. The lowest BCUT2D eigenvalue weighted by Crippen LogP contribution is -2.46. The second kappa shape index (κ2) is 10.9. The standard InChI is InChI=1S/C30H37ClN2O5S/c31-24-8-5-23-18-38-29-11-7-21-16-27(29)33(12-2-1-3-20(23)15-24)17-22-6-9-26(22)28(34)10-4-19-13-25(14-19)39(36,37)32-30(21)35/h5,7-8,11,15-16,19,22,25-26,28,34H,1-4,6,9-10,12-14,17-18H2,(H,32,35)/t19-,22-,25+,26+,28-/m0/s1. The van der Waals surface area contributed by atoms with E-state index in [4.69, 9.17) is 16.3 Å². The van der Waals surface area contributed by atoms with Gasteiger partial charge in [0.25, 0.3) is 5.91 Å². The van der Waals surface area contributed by atoms with E-state index in [0.717, 1.165) is 62.9 Å². The highest BCUT2D eigenvalue weighted by atomic mass is 35.5. The Morgan fingerprint density at radius 2 is 1.85 bits per heavy atom. The second-order valence-corrected chi connectivity index (χ2v) is 14.3. The number of carbonyl (C=O) groups is 1. The highest BCUT2D eigenvalue weighted by Gasteiger charge is 2.42. The van der Waals surface area contributed by atoms with Crippen LogP contribution in [-0.4, -0.2) is 43.9 Å². The van der Waals surface area contributed by atoms with Crippen LogP contribution in [0.1, 0.15) is 72.9 Å². The number of halogens is 1. The molecular weight excluding hydrogens is 536 g/mol. The van der Waals surface area contributed by atoms with Crippen molar-refractivity contribution in [2.75, 3.05) is 18.0 Å². The van der Waals surface area contributed by atoms with Gasteiger partial charge in [-0.3, -0.25) is 4.79 Å². The van der Waals surface area contributed by atoms with Crippen LogP contribution in [0.5, 0.6) is 5.75 Å². The average Bonchev–Trinajstić information content (AvgIpc) is 2.87. The molecule has 2 fully saturated rings. The van der Waals surface area contributed by atoms with Gasteiger partial charge in [-0.1, -0.05) is 17.7 Å². The van der Waals surface area contributed by atoms with Crippen molar-refractivity contribution >= 4 is 33.2 Å². The van der Waals surface area contributed by atoms with Crippen molar-refractivity contribution in [3.63, 3.8) is 0 Å². The number of nitrogens with zero attached hydrogens (tertiary/aromatic N) is 1. The van der Waals surface area contributed by atoms with Gasteiger partial charge in [0.15, 0.2) is 0 Å². The Morgan fingerprint density at radius 3 is 2.64 bits per heavy atom. The molecule has 0 radical (unpaired) electrons. The van der Waals surface area contributed by atoms with Crippen LogP contribution in [0.15, 0.2) is 36.4 Å². The van der Waals surface area contributed by atoms with E-state index in [9.17, 15) is 18.3 Å². The minimum absolute atomic E-state index is 0.248. The third kappa shape index (κ3) is 5.66. The van der Waals surface area contributed by atoms with Gasteiger partial charge in [-0.05, 0) is 117 Å². The van der Waals surface area contributed by atoms with Crippen LogP contribution in [0.3, 0.4) is 0 Å². The molecule has 3 heterocycles. The van der Waals surface area contributed by atoms with E-state index in [1.807, 2.05) is 18.2 Å². The molecule has 0 aromatic heterocycles. The Bertz CT molecular complexity index is 1340. The van der Waals surface area contributed by atoms with Crippen LogP contribution in [0.25, 0.3) is 0 Å².